The molecule has 0 aliphatic heterocycles. The average Bonchev–Trinajstić information content (AvgIpc) is 2.87. The number of phenolic OH excluding ortho intramolecular Hbond substituents is 1. The zero-order valence-corrected chi connectivity index (χ0v) is 12.6. The molecular formula is C15H13ClO6. The molecule has 0 saturated carbocycles. The van der Waals surface area contributed by atoms with E-state index in [9.17, 15) is 14.7 Å². The summed E-state index contributed by atoms with van der Waals surface area (Å²) >= 11 is 5.76. The Balaban J connectivity index is 2.08. The van der Waals surface area contributed by atoms with E-state index in [2.05, 4.69) is 4.74 Å². The molecule has 1 heterocycles. The van der Waals surface area contributed by atoms with Crippen LogP contribution in [0.4, 0.5) is 0 Å². The van der Waals surface area contributed by atoms with Crippen LogP contribution in [-0.4, -0.2) is 24.2 Å². The van der Waals surface area contributed by atoms with Gasteiger partial charge in [0.15, 0.2) is 0 Å². The van der Waals surface area contributed by atoms with E-state index in [4.69, 9.17) is 20.8 Å². The number of aryl methyl sites for hydroxylation is 1. The highest BCUT2D eigenvalue weighted by Crippen LogP contribution is 2.23. The predicted molar refractivity (Wildman–Crippen MR) is 77.0 cm³/mol. The van der Waals surface area contributed by atoms with Gasteiger partial charge in [-0.15, -0.1) is 0 Å². The second-order valence-electron chi connectivity index (χ2n) is 4.41. The second-order valence-corrected chi connectivity index (χ2v) is 4.85. The van der Waals surface area contributed by atoms with E-state index in [0.29, 0.717) is 10.8 Å². The van der Waals surface area contributed by atoms with Crippen molar-refractivity contribution in [2.45, 2.75) is 13.5 Å². The van der Waals surface area contributed by atoms with E-state index in [0.717, 1.165) is 0 Å². The maximum Gasteiger partial charge on any atom is 0.342 e. The van der Waals surface area contributed by atoms with Crippen molar-refractivity contribution >= 4 is 23.5 Å². The van der Waals surface area contributed by atoms with Gasteiger partial charge < -0.3 is 19.0 Å². The number of esters is 2. The fourth-order valence-corrected chi connectivity index (χ4v) is 1.99. The molecule has 7 heteroatoms. The number of furan rings is 1. The zero-order chi connectivity index (χ0) is 16.3. The Labute approximate surface area is 131 Å². The number of hydrogen-bond acceptors (Lipinski definition) is 6. The number of carbonyl (C=O) groups excluding carboxylic acids is 2. The summed E-state index contributed by atoms with van der Waals surface area (Å²) < 4.78 is 14.9. The molecule has 0 aliphatic rings. The van der Waals surface area contributed by atoms with Crippen LogP contribution in [0.5, 0.6) is 5.75 Å². The van der Waals surface area contributed by atoms with Crippen LogP contribution in [0.15, 0.2) is 28.7 Å². The Hall–Kier alpha value is -2.47. The summed E-state index contributed by atoms with van der Waals surface area (Å²) in [5.74, 6) is -0.878. The average molecular weight is 325 g/mol. The molecule has 0 aliphatic carbocycles. The molecule has 22 heavy (non-hydrogen) atoms. The first-order valence-electron chi connectivity index (χ1n) is 6.25. The summed E-state index contributed by atoms with van der Waals surface area (Å²) in [7, 11) is 1.26. The fourth-order valence-electron chi connectivity index (χ4n) is 1.81. The Morgan fingerprint density at radius 2 is 1.95 bits per heavy atom. The lowest BCUT2D eigenvalue weighted by Crippen LogP contribution is -2.05. The van der Waals surface area contributed by atoms with Gasteiger partial charge in [0.05, 0.1) is 7.11 Å². The van der Waals surface area contributed by atoms with Crippen LogP contribution in [0, 0.1) is 6.92 Å². The van der Waals surface area contributed by atoms with E-state index >= 15 is 0 Å². The van der Waals surface area contributed by atoms with Gasteiger partial charge in [-0.1, -0.05) is 11.6 Å². The molecule has 1 aromatic heterocycles. The van der Waals surface area contributed by atoms with Gasteiger partial charge in [0.1, 0.15) is 35.0 Å². The number of carbonyl (C=O) groups is 2. The minimum atomic E-state index is -0.756. The van der Waals surface area contributed by atoms with Crippen LogP contribution in [0.2, 0.25) is 5.02 Å². The Bertz CT molecular complexity index is 719. The SMILES string of the molecule is COC(=O)c1cc(COC(=O)c2cc(Cl)ccc2O)oc1C. The first-order valence-corrected chi connectivity index (χ1v) is 6.63. The van der Waals surface area contributed by atoms with Crippen molar-refractivity contribution < 1.29 is 28.6 Å². The number of rotatable bonds is 4. The van der Waals surface area contributed by atoms with Crippen molar-refractivity contribution in [1.29, 1.82) is 0 Å². The number of hydrogen-bond donors (Lipinski definition) is 1. The Morgan fingerprint density at radius 1 is 1.23 bits per heavy atom. The first-order chi connectivity index (χ1) is 10.4. The van der Waals surface area contributed by atoms with Gasteiger partial charge in [-0.25, -0.2) is 9.59 Å². The summed E-state index contributed by atoms with van der Waals surface area (Å²) in [5.41, 5.74) is 0.211. The van der Waals surface area contributed by atoms with Crippen LogP contribution in [0.1, 0.15) is 32.2 Å². The van der Waals surface area contributed by atoms with Gasteiger partial charge in [-0.05, 0) is 31.2 Å². The van der Waals surface area contributed by atoms with Crippen LogP contribution < -0.4 is 0 Å². The highest BCUT2D eigenvalue weighted by molar-refractivity contribution is 6.31. The molecular weight excluding hydrogens is 312 g/mol. The fraction of sp³-hybridized carbons (Fsp3) is 0.200. The summed E-state index contributed by atoms with van der Waals surface area (Å²) in [6.45, 7) is 1.41. The number of phenols is 1. The third-order valence-electron chi connectivity index (χ3n) is 2.90. The predicted octanol–water partition coefficient (Wildman–Crippen LogP) is 3.09. The van der Waals surface area contributed by atoms with Crippen molar-refractivity contribution in [1.82, 2.24) is 0 Å². The monoisotopic (exact) mass is 324 g/mol. The summed E-state index contributed by atoms with van der Waals surface area (Å²) in [4.78, 5) is 23.4. The van der Waals surface area contributed by atoms with Crippen molar-refractivity contribution in [2.24, 2.45) is 0 Å². The van der Waals surface area contributed by atoms with Crippen molar-refractivity contribution in [2.75, 3.05) is 7.11 Å². The molecule has 0 atom stereocenters. The standard InChI is InChI=1S/C15H13ClO6/c1-8-11(14(18)20-2)6-10(22-8)7-21-15(19)12-5-9(16)3-4-13(12)17/h3-6,17H,7H2,1-2H3. The first kappa shape index (κ1) is 15.9. The lowest BCUT2D eigenvalue weighted by atomic mass is 10.2. The molecule has 1 aromatic carbocycles. The number of ether oxygens (including phenoxy) is 2. The highest BCUT2D eigenvalue weighted by atomic mass is 35.5. The Morgan fingerprint density at radius 3 is 2.64 bits per heavy atom. The summed E-state index contributed by atoms with van der Waals surface area (Å²) in [6.07, 6.45) is 0. The van der Waals surface area contributed by atoms with Crippen LogP contribution in [0.25, 0.3) is 0 Å². The van der Waals surface area contributed by atoms with Crippen molar-refractivity contribution in [3.63, 3.8) is 0 Å². The topological polar surface area (TPSA) is 86.0 Å². The van der Waals surface area contributed by atoms with Gasteiger partial charge in [-0.3, -0.25) is 0 Å². The lowest BCUT2D eigenvalue weighted by molar-refractivity contribution is 0.0440. The van der Waals surface area contributed by atoms with E-state index in [1.807, 2.05) is 0 Å². The molecule has 2 aromatic rings. The van der Waals surface area contributed by atoms with Crippen LogP contribution >= 0.6 is 11.6 Å². The third-order valence-corrected chi connectivity index (χ3v) is 3.13. The molecule has 0 bridgehead atoms. The number of benzene rings is 1. The van der Waals surface area contributed by atoms with Gasteiger partial charge in [0.25, 0.3) is 0 Å². The van der Waals surface area contributed by atoms with E-state index in [1.54, 1.807) is 6.92 Å². The van der Waals surface area contributed by atoms with Gasteiger partial charge in [0, 0.05) is 5.02 Å². The molecule has 0 fully saturated rings. The largest absolute Gasteiger partial charge is 0.507 e. The van der Waals surface area contributed by atoms with Crippen LogP contribution in [-0.2, 0) is 16.1 Å². The van der Waals surface area contributed by atoms with Crippen molar-refractivity contribution in [3.8, 4) is 5.75 Å². The number of halogens is 1. The molecule has 1 N–H and O–H groups in total. The molecule has 0 saturated heterocycles. The minimum absolute atomic E-state index is 0.0519. The molecule has 2 rings (SSSR count). The normalized spacial score (nSPS) is 10.3. The van der Waals surface area contributed by atoms with Gasteiger partial charge in [0.2, 0.25) is 0 Å². The van der Waals surface area contributed by atoms with Gasteiger partial charge >= 0.3 is 11.9 Å². The lowest BCUT2D eigenvalue weighted by Gasteiger charge is -2.05. The molecule has 6 nitrogen and oxygen atoms in total. The third kappa shape index (κ3) is 3.40. The second kappa shape index (κ2) is 6.53. The maximum absolute atomic E-state index is 11.9. The molecule has 0 amide bonds. The van der Waals surface area contributed by atoms with Crippen molar-refractivity contribution in [3.05, 3.63) is 51.9 Å². The smallest absolute Gasteiger partial charge is 0.342 e. The zero-order valence-electron chi connectivity index (χ0n) is 11.9. The maximum atomic E-state index is 11.9. The quantitative estimate of drug-likeness (QED) is 0.870. The molecule has 0 radical (unpaired) electrons. The number of methoxy groups -OCH3 is 1. The summed E-state index contributed by atoms with van der Waals surface area (Å²) in [6, 6.07) is 5.48. The highest BCUT2D eigenvalue weighted by Gasteiger charge is 2.18. The summed E-state index contributed by atoms with van der Waals surface area (Å²) in [5, 5.41) is 9.91. The Kier molecular flexibility index (Phi) is 4.72. The minimum Gasteiger partial charge on any atom is -0.507 e. The number of aromatic hydroxyl groups is 1. The van der Waals surface area contributed by atoms with Gasteiger partial charge in [-0.2, -0.15) is 0 Å². The molecule has 0 unspecified atom stereocenters. The van der Waals surface area contributed by atoms with E-state index in [1.165, 1.54) is 31.4 Å². The molecule has 0 spiro atoms. The van der Waals surface area contributed by atoms with E-state index < -0.39 is 11.9 Å². The molecule has 116 valence electrons. The van der Waals surface area contributed by atoms with E-state index in [-0.39, 0.29) is 29.2 Å². The van der Waals surface area contributed by atoms with Crippen LogP contribution in [0.3, 0.4) is 0 Å².